The first-order valence-corrected chi connectivity index (χ1v) is 12.1. The molecule has 1 aromatic carbocycles. The highest BCUT2D eigenvalue weighted by Crippen LogP contribution is 2.52. The van der Waals surface area contributed by atoms with Gasteiger partial charge in [0.15, 0.2) is 0 Å². The molecule has 6 heteroatoms. The Morgan fingerprint density at radius 3 is 2.85 bits per heavy atom. The Balaban J connectivity index is 1.36. The Labute approximate surface area is 195 Å². The first kappa shape index (κ1) is 22.2. The number of likely N-dealkylation sites (tertiary alicyclic amines) is 1. The third-order valence-electron chi connectivity index (χ3n) is 8.00. The van der Waals surface area contributed by atoms with Crippen molar-refractivity contribution in [1.82, 2.24) is 10.2 Å². The second-order valence-electron chi connectivity index (χ2n) is 10.3. The van der Waals surface area contributed by atoms with Crippen molar-refractivity contribution in [2.24, 2.45) is 5.92 Å². The molecule has 0 spiro atoms. The van der Waals surface area contributed by atoms with Gasteiger partial charge in [0.2, 0.25) is 5.91 Å². The lowest BCUT2D eigenvalue weighted by Gasteiger charge is -2.58. The number of carbonyl (C=O) groups is 1. The van der Waals surface area contributed by atoms with Crippen LogP contribution in [0.3, 0.4) is 0 Å². The maximum Gasteiger partial charge on any atom is 0.244 e. The van der Waals surface area contributed by atoms with E-state index < -0.39 is 11.0 Å². The highest BCUT2D eigenvalue weighted by atomic mass is 16.3. The summed E-state index contributed by atoms with van der Waals surface area (Å²) >= 11 is 0. The van der Waals surface area contributed by atoms with E-state index in [-0.39, 0.29) is 17.7 Å². The molecule has 0 unspecified atom stereocenters. The molecule has 5 rings (SSSR count). The molecule has 3 aliphatic rings. The van der Waals surface area contributed by atoms with Gasteiger partial charge in [-0.3, -0.25) is 4.79 Å². The Kier molecular flexibility index (Phi) is 5.83. The maximum atomic E-state index is 12.7. The van der Waals surface area contributed by atoms with Gasteiger partial charge in [0.1, 0.15) is 11.5 Å². The van der Waals surface area contributed by atoms with E-state index in [4.69, 9.17) is 4.42 Å². The molecule has 1 aromatic heterocycles. The third-order valence-corrected chi connectivity index (χ3v) is 8.00. The van der Waals surface area contributed by atoms with Crippen molar-refractivity contribution >= 4 is 12.0 Å². The second-order valence-corrected chi connectivity index (χ2v) is 10.3. The number of amides is 1. The fraction of sp³-hybridized carbons (Fsp3) is 0.519. The standard InChI is InChI=1S/C27H34N2O4/c1-19-21(10-14-33-19)7-8-25(31)28-23-9-11-27(32)18-29(17-20-5-6-20)13-12-26(27,16-23)22-3-2-4-24(30)15-22/h2-4,7-8,10,14-15,20,23,30,32H,5-6,9,11-13,16-18H2,1H3,(H,28,31)/b8-7+/t23-,26-,27-/m0/s1. The summed E-state index contributed by atoms with van der Waals surface area (Å²) in [6.07, 6.45) is 10.4. The van der Waals surface area contributed by atoms with Crippen molar-refractivity contribution < 1.29 is 19.4 Å². The van der Waals surface area contributed by atoms with Crippen LogP contribution in [-0.4, -0.2) is 52.3 Å². The molecule has 2 aliphatic carbocycles. The van der Waals surface area contributed by atoms with E-state index in [1.807, 2.05) is 25.1 Å². The van der Waals surface area contributed by atoms with E-state index in [9.17, 15) is 15.0 Å². The van der Waals surface area contributed by atoms with Crippen LogP contribution in [0, 0.1) is 12.8 Å². The van der Waals surface area contributed by atoms with Gasteiger partial charge in [-0.05, 0) is 87.7 Å². The van der Waals surface area contributed by atoms with Gasteiger partial charge in [0.25, 0.3) is 0 Å². The Hall–Kier alpha value is -2.57. The van der Waals surface area contributed by atoms with Gasteiger partial charge < -0.3 is 24.8 Å². The van der Waals surface area contributed by atoms with Crippen LogP contribution in [-0.2, 0) is 10.2 Å². The minimum Gasteiger partial charge on any atom is -0.508 e. The van der Waals surface area contributed by atoms with Crippen molar-refractivity contribution in [3.63, 3.8) is 0 Å². The predicted octanol–water partition coefficient (Wildman–Crippen LogP) is 3.76. The van der Waals surface area contributed by atoms with Gasteiger partial charge in [-0.25, -0.2) is 0 Å². The number of hydrogen-bond donors (Lipinski definition) is 3. The number of β-amino-alcohol motifs (C(OH)–C–C–N with tert-alkyl or cyclic N) is 1. The summed E-state index contributed by atoms with van der Waals surface area (Å²) in [5, 5.41) is 25.4. The van der Waals surface area contributed by atoms with Crippen molar-refractivity contribution in [2.45, 2.75) is 62.5 Å². The number of phenolic OH excluding ortho intramolecular Hbond substituents is 1. The predicted molar refractivity (Wildman–Crippen MR) is 127 cm³/mol. The van der Waals surface area contributed by atoms with Gasteiger partial charge in [0.05, 0.1) is 11.9 Å². The summed E-state index contributed by atoms with van der Waals surface area (Å²) in [6.45, 7) is 4.51. The number of carbonyl (C=O) groups excluding carboxylic acids is 1. The van der Waals surface area contributed by atoms with E-state index in [1.165, 1.54) is 12.8 Å². The van der Waals surface area contributed by atoms with E-state index in [1.54, 1.807) is 30.5 Å². The van der Waals surface area contributed by atoms with Crippen LogP contribution in [0.1, 0.15) is 55.4 Å². The molecule has 1 saturated heterocycles. The van der Waals surface area contributed by atoms with Crippen LogP contribution in [0.5, 0.6) is 5.75 Å². The molecule has 3 atom stereocenters. The average Bonchev–Trinajstić information content (AvgIpc) is 3.50. The van der Waals surface area contributed by atoms with Crippen molar-refractivity contribution in [3.8, 4) is 5.75 Å². The summed E-state index contributed by atoms with van der Waals surface area (Å²) in [5.41, 5.74) is 0.494. The maximum absolute atomic E-state index is 12.7. The topological polar surface area (TPSA) is 85.9 Å². The fourth-order valence-corrected chi connectivity index (χ4v) is 5.99. The number of furan rings is 1. The van der Waals surface area contributed by atoms with Crippen LogP contribution < -0.4 is 5.32 Å². The first-order chi connectivity index (χ1) is 15.9. The highest BCUT2D eigenvalue weighted by molar-refractivity contribution is 5.92. The minimum absolute atomic E-state index is 0.0368. The molecule has 2 aromatic rings. The summed E-state index contributed by atoms with van der Waals surface area (Å²) in [4.78, 5) is 15.1. The van der Waals surface area contributed by atoms with Crippen LogP contribution in [0.2, 0.25) is 0 Å². The summed E-state index contributed by atoms with van der Waals surface area (Å²) in [7, 11) is 0. The normalized spacial score (nSPS) is 30.3. The number of nitrogens with zero attached hydrogens (tertiary/aromatic N) is 1. The molecule has 6 nitrogen and oxygen atoms in total. The summed E-state index contributed by atoms with van der Waals surface area (Å²) < 4.78 is 5.29. The fourth-order valence-electron chi connectivity index (χ4n) is 5.99. The molecule has 176 valence electrons. The van der Waals surface area contributed by atoms with Crippen LogP contribution in [0.25, 0.3) is 6.08 Å². The number of rotatable bonds is 6. The third kappa shape index (κ3) is 4.46. The van der Waals surface area contributed by atoms with Gasteiger partial charge in [-0.15, -0.1) is 0 Å². The number of benzene rings is 1. The summed E-state index contributed by atoms with van der Waals surface area (Å²) in [5.74, 6) is 1.64. The van der Waals surface area contributed by atoms with E-state index >= 15 is 0 Å². The molecule has 2 saturated carbocycles. The first-order valence-electron chi connectivity index (χ1n) is 12.1. The second kappa shape index (κ2) is 8.65. The monoisotopic (exact) mass is 450 g/mol. The zero-order valence-electron chi connectivity index (χ0n) is 19.3. The number of phenols is 1. The molecule has 3 N–H and O–H groups in total. The molecule has 2 heterocycles. The van der Waals surface area contributed by atoms with E-state index in [0.29, 0.717) is 19.4 Å². The van der Waals surface area contributed by atoms with Crippen molar-refractivity contribution in [2.75, 3.05) is 19.6 Å². The average molecular weight is 451 g/mol. The Morgan fingerprint density at radius 1 is 1.27 bits per heavy atom. The lowest BCUT2D eigenvalue weighted by atomic mass is 9.55. The van der Waals surface area contributed by atoms with Gasteiger partial charge in [-0.2, -0.15) is 0 Å². The van der Waals surface area contributed by atoms with Gasteiger partial charge in [-0.1, -0.05) is 12.1 Å². The number of aromatic hydroxyl groups is 1. The molecule has 0 radical (unpaired) electrons. The number of aryl methyl sites for hydroxylation is 1. The molecular weight excluding hydrogens is 416 g/mol. The molecule has 1 aliphatic heterocycles. The molecule has 1 amide bonds. The largest absolute Gasteiger partial charge is 0.508 e. The molecular formula is C27H34N2O4. The molecule has 0 bridgehead atoms. The smallest absolute Gasteiger partial charge is 0.244 e. The van der Waals surface area contributed by atoms with Crippen LogP contribution in [0.15, 0.2) is 47.1 Å². The van der Waals surface area contributed by atoms with Crippen LogP contribution in [0.4, 0.5) is 0 Å². The zero-order chi connectivity index (χ0) is 23.1. The summed E-state index contributed by atoms with van der Waals surface area (Å²) in [6, 6.07) is 9.15. The van der Waals surface area contributed by atoms with E-state index in [0.717, 1.165) is 48.7 Å². The number of piperidine rings is 1. The number of aliphatic hydroxyl groups is 1. The SMILES string of the molecule is Cc1occc1/C=C/C(=O)N[C@H]1CC[C@]2(O)CN(CC3CC3)CC[C@@]2(c2cccc(O)c2)C1. The molecule has 33 heavy (non-hydrogen) atoms. The Bertz CT molecular complexity index is 1040. The number of nitrogens with one attached hydrogen (secondary N) is 1. The lowest BCUT2D eigenvalue weighted by Crippen LogP contribution is -2.67. The molecule has 3 fully saturated rings. The van der Waals surface area contributed by atoms with Crippen molar-refractivity contribution in [3.05, 3.63) is 59.6 Å². The minimum atomic E-state index is -0.876. The number of hydrogen-bond acceptors (Lipinski definition) is 5. The lowest BCUT2D eigenvalue weighted by molar-refractivity contribution is -0.132. The van der Waals surface area contributed by atoms with E-state index in [2.05, 4.69) is 10.2 Å². The van der Waals surface area contributed by atoms with Gasteiger partial charge in [0, 0.05) is 36.2 Å². The van der Waals surface area contributed by atoms with Crippen LogP contribution >= 0.6 is 0 Å². The number of fused-ring (bicyclic) bond motifs is 1. The van der Waals surface area contributed by atoms with Crippen molar-refractivity contribution in [1.29, 1.82) is 0 Å². The highest BCUT2D eigenvalue weighted by Gasteiger charge is 2.57. The van der Waals surface area contributed by atoms with Gasteiger partial charge >= 0.3 is 0 Å². The zero-order valence-corrected chi connectivity index (χ0v) is 19.3. The quantitative estimate of drug-likeness (QED) is 0.584. The Morgan fingerprint density at radius 2 is 2.12 bits per heavy atom.